The van der Waals surface area contributed by atoms with Gasteiger partial charge >= 0.3 is 0 Å². The van der Waals surface area contributed by atoms with E-state index >= 15 is 0 Å². The van der Waals surface area contributed by atoms with E-state index in [1.807, 2.05) is 24.3 Å². The van der Waals surface area contributed by atoms with Crippen LogP contribution in [0.4, 0.5) is 0 Å². The van der Waals surface area contributed by atoms with Crippen LogP contribution >= 0.6 is 0 Å². The lowest BCUT2D eigenvalue weighted by molar-refractivity contribution is -0.117. The summed E-state index contributed by atoms with van der Waals surface area (Å²) in [6.45, 7) is 1.21. The zero-order chi connectivity index (χ0) is 11.4. The average molecular weight is 217 g/mol. The van der Waals surface area contributed by atoms with Gasteiger partial charge in [-0.3, -0.25) is 9.79 Å². The van der Waals surface area contributed by atoms with Gasteiger partial charge in [-0.1, -0.05) is 24.3 Å². The molecule has 0 spiro atoms. The monoisotopic (exact) mass is 217 g/mol. The third-order valence-electron chi connectivity index (χ3n) is 2.78. The molecule has 84 valence electrons. The highest BCUT2D eigenvalue weighted by atomic mass is 16.5. The zero-order valence-corrected chi connectivity index (χ0v) is 9.35. The standard InChI is InChI=1S/C13H15NO2/c1-16-7-6-14-9-12-11-5-3-2-4-10(11)8-13(12)15/h2-5,9,12H,6-8H2,1H3/t12-/m0/s1. The lowest BCUT2D eigenvalue weighted by Crippen LogP contribution is -2.08. The molecule has 3 nitrogen and oxygen atoms in total. The highest BCUT2D eigenvalue weighted by molar-refractivity contribution is 6.05. The van der Waals surface area contributed by atoms with Gasteiger partial charge in [-0.2, -0.15) is 0 Å². The average Bonchev–Trinajstić information content (AvgIpc) is 2.61. The molecule has 2 rings (SSSR count). The number of carbonyl (C=O) groups is 1. The SMILES string of the molecule is COCCN=C[C@@H]1C(=O)Cc2ccccc21. The van der Waals surface area contributed by atoms with Crippen molar-refractivity contribution >= 4 is 12.0 Å². The van der Waals surface area contributed by atoms with Gasteiger partial charge in [-0.15, -0.1) is 0 Å². The summed E-state index contributed by atoms with van der Waals surface area (Å²) < 4.78 is 4.90. The van der Waals surface area contributed by atoms with Crippen LogP contribution in [0.2, 0.25) is 0 Å². The molecule has 1 aromatic rings. The predicted octanol–water partition coefficient (Wildman–Crippen LogP) is 1.61. The normalized spacial score (nSPS) is 19.3. The number of benzene rings is 1. The number of methoxy groups -OCH3 is 1. The Kier molecular flexibility index (Phi) is 3.47. The maximum Gasteiger partial charge on any atom is 0.150 e. The summed E-state index contributed by atoms with van der Waals surface area (Å²) in [6, 6.07) is 7.95. The quantitative estimate of drug-likeness (QED) is 0.567. The Morgan fingerprint density at radius 2 is 2.31 bits per heavy atom. The number of hydrogen-bond donors (Lipinski definition) is 0. The molecule has 0 heterocycles. The van der Waals surface area contributed by atoms with E-state index in [0.717, 1.165) is 11.1 Å². The van der Waals surface area contributed by atoms with Crippen molar-refractivity contribution < 1.29 is 9.53 Å². The third kappa shape index (κ3) is 2.19. The minimum Gasteiger partial charge on any atom is -0.383 e. The Labute approximate surface area is 95.2 Å². The molecule has 0 bridgehead atoms. The van der Waals surface area contributed by atoms with E-state index in [9.17, 15) is 4.79 Å². The second-order valence-electron chi connectivity index (χ2n) is 3.87. The van der Waals surface area contributed by atoms with Crippen LogP contribution in [-0.2, 0) is 16.0 Å². The molecule has 0 saturated heterocycles. The van der Waals surface area contributed by atoms with Crippen LogP contribution in [0.15, 0.2) is 29.3 Å². The van der Waals surface area contributed by atoms with Gasteiger partial charge in [0.15, 0.2) is 0 Å². The van der Waals surface area contributed by atoms with Crippen LogP contribution in [0.5, 0.6) is 0 Å². The van der Waals surface area contributed by atoms with E-state index in [4.69, 9.17) is 4.74 Å². The maximum atomic E-state index is 11.8. The fraction of sp³-hybridized carbons (Fsp3) is 0.385. The molecule has 1 aliphatic rings. The van der Waals surface area contributed by atoms with Crippen molar-refractivity contribution in [3.63, 3.8) is 0 Å². The minimum atomic E-state index is -0.145. The Morgan fingerprint density at radius 1 is 1.50 bits per heavy atom. The number of nitrogens with zero attached hydrogens (tertiary/aromatic N) is 1. The molecule has 3 heteroatoms. The number of hydrogen-bond acceptors (Lipinski definition) is 3. The van der Waals surface area contributed by atoms with E-state index in [1.54, 1.807) is 13.3 Å². The van der Waals surface area contributed by atoms with E-state index in [1.165, 1.54) is 0 Å². The van der Waals surface area contributed by atoms with Crippen LogP contribution in [0.3, 0.4) is 0 Å². The number of Topliss-reactive ketones (excluding diaryl/α,β-unsaturated/α-hetero) is 1. The van der Waals surface area contributed by atoms with Crippen molar-refractivity contribution in [2.75, 3.05) is 20.3 Å². The molecule has 0 unspecified atom stereocenters. The second-order valence-corrected chi connectivity index (χ2v) is 3.87. The Balaban J connectivity index is 2.10. The van der Waals surface area contributed by atoms with Gasteiger partial charge in [-0.25, -0.2) is 0 Å². The highest BCUT2D eigenvalue weighted by Gasteiger charge is 2.28. The van der Waals surface area contributed by atoms with Gasteiger partial charge < -0.3 is 4.74 Å². The molecule has 16 heavy (non-hydrogen) atoms. The lowest BCUT2D eigenvalue weighted by Gasteiger charge is -2.03. The molecule has 1 atom stereocenters. The second kappa shape index (κ2) is 5.03. The molecular weight excluding hydrogens is 202 g/mol. The van der Waals surface area contributed by atoms with Crippen LogP contribution < -0.4 is 0 Å². The summed E-state index contributed by atoms with van der Waals surface area (Å²) in [5.41, 5.74) is 2.24. The summed E-state index contributed by atoms with van der Waals surface area (Å²) in [5, 5.41) is 0. The van der Waals surface area contributed by atoms with Crippen LogP contribution in [0.1, 0.15) is 17.0 Å². The summed E-state index contributed by atoms with van der Waals surface area (Å²) in [4.78, 5) is 16.0. The van der Waals surface area contributed by atoms with Crippen molar-refractivity contribution in [3.05, 3.63) is 35.4 Å². The molecule has 1 aliphatic carbocycles. The number of ether oxygens (including phenoxy) is 1. The fourth-order valence-electron chi connectivity index (χ4n) is 1.96. The van der Waals surface area contributed by atoms with Gasteiger partial charge in [-0.05, 0) is 11.1 Å². The minimum absolute atomic E-state index is 0.145. The zero-order valence-electron chi connectivity index (χ0n) is 9.35. The Bertz CT molecular complexity index is 412. The van der Waals surface area contributed by atoms with Crippen molar-refractivity contribution in [1.82, 2.24) is 0 Å². The first-order valence-corrected chi connectivity index (χ1v) is 5.42. The number of fused-ring (bicyclic) bond motifs is 1. The molecule has 0 aliphatic heterocycles. The van der Waals surface area contributed by atoms with Crippen molar-refractivity contribution in [3.8, 4) is 0 Å². The first kappa shape index (κ1) is 11.0. The first-order chi connectivity index (χ1) is 7.83. The summed E-state index contributed by atoms with van der Waals surface area (Å²) in [7, 11) is 1.64. The summed E-state index contributed by atoms with van der Waals surface area (Å²) in [6.07, 6.45) is 2.30. The van der Waals surface area contributed by atoms with E-state index in [0.29, 0.717) is 19.6 Å². The Morgan fingerprint density at radius 3 is 3.12 bits per heavy atom. The molecule has 0 amide bonds. The van der Waals surface area contributed by atoms with Crippen molar-refractivity contribution in [1.29, 1.82) is 0 Å². The van der Waals surface area contributed by atoms with Gasteiger partial charge in [0, 0.05) is 19.7 Å². The summed E-state index contributed by atoms with van der Waals surface area (Å²) >= 11 is 0. The summed E-state index contributed by atoms with van der Waals surface area (Å²) in [5.74, 6) is 0.0930. The highest BCUT2D eigenvalue weighted by Crippen LogP contribution is 2.28. The van der Waals surface area contributed by atoms with Gasteiger partial charge in [0.25, 0.3) is 0 Å². The van der Waals surface area contributed by atoms with Crippen LogP contribution in [-0.4, -0.2) is 32.3 Å². The molecule has 0 fully saturated rings. The molecule has 1 aromatic carbocycles. The fourth-order valence-corrected chi connectivity index (χ4v) is 1.96. The lowest BCUT2D eigenvalue weighted by atomic mass is 10.0. The van der Waals surface area contributed by atoms with Gasteiger partial charge in [0.05, 0.1) is 19.1 Å². The third-order valence-corrected chi connectivity index (χ3v) is 2.78. The van der Waals surface area contributed by atoms with Crippen molar-refractivity contribution in [2.45, 2.75) is 12.3 Å². The van der Waals surface area contributed by atoms with E-state index in [-0.39, 0.29) is 11.7 Å². The molecule has 0 saturated carbocycles. The predicted molar refractivity (Wildman–Crippen MR) is 63.1 cm³/mol. The molecule has 0 N–H and O–H groups in total. The largest absolute Gasteiger partial charge is 0.383 e. The van der Waals surface area contributed by atoms with Crippen LogP contribution in [0.25, 0.3) is 0 Å². The first-order valence-electron chi connectivity index (χ1n) is 5.42. The van der Waals surface area contributed by atoms with Gasteiger partial charge in [0.2, 0.25) is 0 Å². The van der Waals surface area contributed by atoms with E-state index in [2.05, 4.69) is 4.99 Å². The molecule has 0 aromatic heterocycles. The number of carbonyl (C=O) groups excluding carboxylic acids is 1. The van der Waals surface area contributed by atoms with Crippen molar-refractivity contribution in [2.24, 2.45) is 4.99 Å². The number of ketones is 1. The smallest absolute Gasteiger partial charge is 0.150 e. The maximum absolute atomic E-state index is 11.8. The molecule has 0 radical (unpaired) electrons. The molecular formula is C13H15NO2. The topological polar surface area (TPSA) is 38.7 Å². The van der Waals surface area contributed by atoms with Gasteiger partial charge in [0.1, 0.15) is 5.78 Å². The Hall–Kier alpha value is -1.48. The number of aliphatic imine (C=N–C) groups is 1. The number of rotatable bonds is 4. The van der Waals surface area contributed by atoms with Crippen LogP contribution in [0, 0.1) is 0 Å². The van der Waals surface area contributed by atoms with E-state index < -0.39 is 0 Å².